The Bertz CT molecular complexity index is 981. The molecule has 27 heavy (non-hydrogen) atoms. The third kappa shape index (κ3) is 4.98. The molecule has 1 heterocycles. The first-order valence-electron chi connectivity index (χ1n) is 7.65. The molecule has 0 spiro atoms. The van der Waals surface area contributed by atoms with E-state index in [4.69, 9.17) is 0 Å². The smallest absolute Gasteiger partial charge is 0.234 e. The zero-order chi connectivity index (χ0) is 19.4. The monoisotopic (exact) mass is 410 g/mol. The molecule has 1 aromatic heterocycles. The minimum atomic E-state index is -1.63. The van der Waals surface area contributed by atoms with E-state index >= 15 is 0 Å². The van der Waals surface area contributed by atoms with Crippen LogP contribution >= 0.6 is 23.1 Å². The minimum absolute atomic E-state index is 0.0858. The van der Waals surface area contributed by atoms with E-state index in [1.54, 1.807) is 0 Å². The van der Waals surface area contributed by atoms with Gasteiger partial charge in [0.1, 0.15) is 0 Å². The van der Waals surface area contributed by atoms with Gasteiger partial charge in [0.2, 0.25) is 11.0 Å². The van der Waals surface area contributed by atoms with Crippen molar-refractivity contribution in [1.82, 2.24) is 10.2 Å². The van der Waals surface area contributed by atoms with E-state index in [9.17, 15) is 18.0 Å². The Kier molecular flexibility index (Phi) is 5.97. The van der Waals surface area contributed by atoms with Crippen LogP contribution in [0.2, 0.25) is 0 Å². The van der Waals surface area contributed by atoms with Gasteiger partial charge >= 0.3 is 0 Å². The van der Waals surface area contributed by atoms with Crippen molar-refractivity contribution in [3.8, 4) is 0 Å². The van der Waals surface area contributed by atoms with Crippen LogP contribution in [0.25, 0.3) is 0 Å². The summed E-state index contributed by atoms with van der Waals surface area (Å²) in [4.78, 5) is 11.9. The number of amides is 1. The van der Waals surface area contributed by atoms with Gasteiger partial charge in [0.25, 0.3) is 0 Å². The van der Waals surface area contributed by atoms with E-state index in [2.05, 4.69) is 20.8 Å². The van der Waals surface area contributed by atoms with Gasteiger partial charge in [0.05, 0.1) is 11.4 Å². The van der Waals surface area contributed by atoms with Crippen LogP contribution in [0.5, 0.6) is 0 Å². The molecule has 2 aromatic carbocycles. The van der Waals surface area contributed by atoms with Gasteiger partial charge in [0, 0.05) is 5.69 Å². The van der Waals surface area contributed by atoms with Crippen molar-refractivity contribution in [2.45, 2.75) is 11.3 Å². The number of halogens is 3. The van der Waals surface area contributed by atoms with Gasteiger partial charge in [-0.3, -0.25) is 4.79 Å². The number of nitrogens with one attached hydrogen (secondary N) is 2. The molecular weight excluding hydrogens is 397 g/mol. The molecule has 0 aliphatic rings. The molecule has 0 aliphatic carbocycles. The van der Waals surface area contributed by atoms with E-state index in [0.29, 0.717) is 9.47 Å². The second kappa shape index (κ2) is 8.40. The lowest BCUT2D eigenvalue weighted by Crippen LogP contribution is -2.15. The summed E-state index contributed by atoms with van der Waals surface area (Å²) >= 11 is 2.35. The molecule has 0 bridgehead atoms. The summed E-state index contributed by atoms with van der Waals surface area (Å²) in [5.74, 6) is -5.04. The van der Waals surface area contributed by atoms with Crippen LogP contribution in [0, 0.1) is 24.4 Å². The summed E-state index contributed by atoms with van der Waals surface area (Å²) in [5.41, 5.74) is 1.55. The zero-order valence-electron chi connectivity index (χ0n) is 13.9. The van der Waals surface area contributed by atoms with Crippen LogP contribution in [0.1, 0.15) is 5.56 Å². The molecular formula is C17H13F3N4OS2. The van der Waals surface area contributed by atoms with Crippen molar-refractivity contribution in [2.24, 2.45) is 0 Å². The van der Waals surface area contributed by atoms with Crippen LogP contribution < -0.4 is 10.6 Å². The number of rotatable bonds is 6. The number of nitrogens with zero attached hydrogens (tertiary/aromatic N) is 2. The SMILES string of the molecule is Cc1cccc(Nc2nnc(SCC(=O)Nc3ccc(F)c(F)c3F)s2)c1. The number of aromatic nitrogens is 2. The average molecular weight is 410 g/mol. The lowest BCUT2D eigenvalue weighted by atomic mass is 10.2. The Morgan fingerprint density at radius 2 is 1.96 bits per heavy atom. The van der Waals surface area contributed by atoms with E-state index in [1.807, 2.05) is 31.2 Å². The van der Waals surface area contributed by atoms with Crippen molar-refractivity contribution in [2.75, 3.05) is 16.4 Å². The number of thioether (sulfide) groups is 1. The highest BCUT2D eigenvalue weighted by Gasteiger charge is 2.16. The van der Waals surface area contributed by atoms with E-state index in [-0.39, 0.29) is 5.75 Å². The minimum Gasteiger partial charge on any atom is -0.330 e. The Morgan fingerprint density at radius 1 is 1.15 bits per heavy atom. The van der Waals surface area contributed by atoms with Crippen molar-refractivity contribution in [3.05, 3.63) is 59.4 Å². The van der Waals surface area contributed by atoms with Gasteiger partial charge in [-0.1, -0.05) is 35.2 Å². The average Bonchev–Trinajstić information content (AvgIpc) is 3.08. The van der Waals surface area contributed by atoms with Crippen LogP contribution in [-0.4, -0.2) is 21.9 Å². The second-order valence-corrected chi connectivity index (χ2v) is 7.63. The van der Waals surface area contributed by atoms with Crippen molar-refractivity contribution >= 4 is 45.5 Å². The zero-order valence-corrected chi connectivity index (χ0v) is 15.6. The number of hydrogen-bond acceptors (Lipinski definition) is 6. The highest BCUT2D eigenvalue weighted by molar-refractivity contribution is 8.01. The second-order valence-electron chi connectivity index (χ2n) is 5.43. The van der Waals surface area contributed by atoms with Gasteiger partial charge in [-0.05, 0) is 36.8 Å². The summed E-state index contributed by atoms with van der Waals surface area (Å²) in [5, 5.41) is 13.8. The molecule has 0 radical (unpaired) electrons. The molecule has 3 rings (SSSR count). The topological polar surface area (TPSA) is 66.9 Å². The van der Waals surface area contributed by atoms with Gasteiger partial charge in [-0.2, -0.15) is 0 Å². The third-order valence-corrected chi connectivity index (χ3v) is 5.28. The van der Waals surface area contributed by atoms with Gasteiger partial charge < -0.3 is 10.6 Å². The summed E-state index contributed by atoms with van der Waals surface area (Å²) in [6, 6.07) is 9.44. The number of hydrogen-bond donors (Lipinski definition) is 2. The molecule has 0 unspecified atom stereocenters. The van der Waals surface area contributed by atoms with Crippen molar-refractivity contribution in [3.63, 3.8) is 0 Å². The number of carbonyl (C=O) groups excluding carboxylic acids is 1. The highest BCUT2D eigenvalue weighted by atomic mass is 32.2. The van der Waals surface area contributed by atoms with Crippen molar-refractivity contribution < 1.29 is 18.0 Å². The van der Waals surface area contributed by atoms with Crippen LogP contribution in [-0.2, 0) is 4.79 Å². The van der Waals surface area contributed by atoms with E-state index < -0.39 is 29.0 Å². The molecule has 3 aromatic rings. The Balaban J connectivity index is 1.55. The molecule has 0 saturated heterocycles. The summed E-state index contributed by atoms with van der Waals surface area (Å²) in [6.45, 7) is 1.97. The standard InChI is InChI=1S/C17H13F3N4OS2/c1-9-3-2-4-10(7-9)21-16-23-24-17(27-16)26-8-13(25)22-12-6-5-11(18)14(19)15(12)20/h2-7H,8H2,1H3,(H,21,23)(H,22,25). The fraction of sp³-hybridized carbons (Fsp3) is 0.118. The first kappa shape index (κ1) is 19.2. The maximum absolute atomic E-state index is 13.6. The molecule has 140 valence electrons. The van der Waals surface area contributed by atoms with Gasteiger partial charge in [0.15, 0.2) is 21.8 Å². The third-order valence-electron chi connectivity index (χ3n) is 3.31. The first-order chi connectivity index (χ1) is 12.9. The maximum Gasteiger partial charge on any atom is 0.234 e. The molecule has 0 atom stereocenters. The number of anilines is 3. The Labute approximate surface area is 161 Å². The fourth-order valence-electron chi connectivity index (χ4n) is 2.10. The highest BCUT2D eigenvalue weighted by Crippen LogP contribution is 2.28. The van der Waals surface area contributed by atoms with Gasteiger partial charge in [-0.25, -0.2) is 13.2 Å². The number of aryl methyl sites for hydroxylation is 1. The van der Waals surface area contributed by atoms with E-state index in [0.717, 1.165) is 35.1 Å². The molecule has 1 amide bonds. The number of carbonyl (C=O) groups is 1. The molecule has 10 heteroatoms. The summed E-state index contributed by atoms with van der Waals surface area (Å²) in [7, 11) is 0. The molecule has 0 fully saturated rings. The largest absolute Gasteiger partial charge is 0.330 e. The van der Waals surface area contributed by atoms with Gasteiger partial charge in [-0.15, -0.1) is 10.2 Å². The fourth-order valence-corrected chi connectivity index (χ4v) is 3.67. The van der Waals surface area contributed by atoms with Crippen LogP contribution in [0.15, 0.2) is 40.7 Å². The van der Waals surface area contributed by atoms with Crippen molar-refractivity contribution in [1.29, 1.82) is 0 Å². The Hall–Kier alpha value is -2.59. The molecule has 0 saturated carbocycles. The predicted octanol–water partition coefficient (Wildman–Crippen LogP) is 4.74. The molecule has 5 nitrogen and oxygen atoms in total. The maximum atomic E-state index is 13.6. The van der Waals surface area contributed by atoms with Crippen LogP contribution in [0.4, 0.5) is 29.7 Å². The predicted molar refractivity (Wildman–Crippen MR) is 100 cm³/mol. The van der Waals surface area contributed by atoms with E-state index in [1.165, 1.54) is 11.3 Å². The molecule has 0 aliphatic heterocycles. The van der Waals surface area contributed by atoms with Crippen LogP contribution in [0.3, 0.4) is 0 Å². The summed E-state index contributed by atoms with van der Waals surface area (Å²) in [6.07, 6.45) is 0. The normalized spacial score (nSPS) is 10.7. The lowest BCUT2D eigenvalue weighted by Gasteiger charge is -2.06. The first-order valence-corrected chi connectivity index (χ1v) is 9.46. The summed E-state index contributed by atoms with van der Waals surface area (Å²) < 4.78 is 40.2. The quantitative estimate of drug-likeness (QED) is 0.454. The molecule has 2 N–H and O–H groups in total. The lowest BCUT2D eigenvalue weighted by molar-refractivity contribution is -0.113. The Morgan fingerprint density at radius 3 is 2.74 bits per heavy atom. The number of benzene rings is 2.